The minimum absolute atomic E-state index is 0.870. The molecule has 0 saturated carbocycles. The van der Waals surface area contributed by atoms with E-state index in [4.69, 9.17) is 5.73 Å². The maximum atomic E-state index is 6.06. The predicted molar refractivity (Wildman–Crippen MR) is 81.3 cm³/mol. The number of hydrogen-bond acceptors (Lipinski definition) is 1. The summed E-state index contributed by atoms with van der Waals surface area (Å²) >= 11 is 0. The third-order valence-electron chi connectivity index (χ3n) is 3.95. The molecule has 2 N–H and O–H groups in total. The number of fused-ring (bicyclic) bond motifs is 1. The van der Waals surface area contributed by atoms with Gasteiger partial charge in [-0.3, -0.25) is 0 Å². The van der Waals surface area contributed by atoms with E-state index in [1.54, 1.807) is 0 Å². The van der Waals surface area contributed by atoms with Crippen molar-refractivity contribution in [1.82, 2.24) is 4.57 Å². The number of rotatable bonds is 2. The molecule has 0 unspecified atom stereocenters. The van der Waals surface area contributed by atoms with Crippen molar-refractivity contribution in [3.05, 3.63) is 65.4 Å². The zero-order chi connectivity index (χ0) is 13.4. The van der Waals surface area contributed by atoms with Gasteiger partial charge in [0, 0.05) is 35.8 Å². The minimum Gasteiger partial charge on any atom is -0.398 e. The molecule has 2 nitrogen and oxygen atoms in total. The van der Waals surface area contributed by atoms with Gasteiger partial charge in [0.15, 0.2) is 0 Å². The summed E-state index contributed by atoms with van der Waals surface area (Å²) in [5.74, 6) is 0. The summed E-state index contributed by atoms with van der Waals surface area (Å²) in [7, 11) is 2.12. The Balaban J connectivity index is 2.16. The van der Waals surface area contributed by atoms with Crippen LogP contribution in [0.4, 0.5) is 5.69 Å². The molecule has 3 aromatic rings. The first kappa shape index (κ1) is 11.8. The lowest BCUT2D eigenvalue weighted by molar-refractivity contribution is 0.903. The average Bonchev–Trinajstić information content (AvgIpc) is 2.67. The highest BCUT2D eigenvalue weighted by molar-refractivity contribution is 5.86. The molecule has 2 aromatic carbocycles. The fourth-order valence-corrected chi connectivity index (χ4v) is 2.71. The molecule has 0 amide bonds. The molecule has 0 aliphatic carbocycles. The highest BCUT2D eigenvalue weighted by Crippen LogP contribution is 2.28. The summed E-state index contributed by atoms with van der Waals surface area (Å²) in [5, 5.41) is 1.32. The van der Waals surface area contributed by atoms with Gasteiger partial charge in [0.25, 0.3) is 0 Å². The Hall–Kier alpha value is -2.22. The van der Waals surface area contributed by atoms with E-state index in [2.05, 4.69) is 48.9 Å². The summed E-state index contributed by atoms with van der Waals surface area (Å²) < 4.78 is 2.25. The van der Waals surface area contributed by atoms with Crippen LogP contribution in [0.1, 0.15) is 16.8 Å². The van der Waals surface area contributed by atoms with Gasteiger partial charge in [-0.15, -0.1) is 0 Å². The fourth-order valence-electron chi connectivity index (χ4n) is 2.71. The summed E-state index contributed by atoms with van der Waals surface area (Å²) in [4.78, 5) is 0. The van der Waals surface area contributed by atoms with Crippen LogP contribution >= 0.6 is 0 Å². The highest BCUT2D eigenvalue weighted by atomic mass is 14.9. The SMILES string of the molecule is Cc1c(Cc2ccccc2N)c2ccccc2n1C. The molecule has 0 saturated heterocycles. The van der Waals surface area contributed by atoms with E-state index in [0.29, 0.717) is 0 Å². The molecule has 0 atom stereocenters. The van der Waals surface area contributed by atoms with Crippen molar-refractivity contribution < 1.29 is 0 Å². The summed E-state index contributed by atoms with van der Waals surface area (Å²) in [6, 6.07) is 16.6. The van der Waals surface area contributed by atoms with Crippen molar-refractivity contribution in [2.75, 3.05) is 5.73 Å². The quantitative estimate of drug-likeness (QED) is 0.691. The first-order valence-electron chi connectivity index (χ1n) is 6.54. The summed E-state index contributed by atoms with van der Waals surface area (Å²) in [6.45, 7) is 2.18. The first-order chi connectivity index (χ1) is 9.18. The van der Waals surface area contributed by atoms with Gasteiger partial charge in [-0.25, -0.2) is 0 Å². The zero-order valence-electron chi connectivity index (χ0n) is 11.4. The topological polar surface area (TPSA) is 30.9 Å². The van der Waals surface area contributed by atoms with Crippen LogP contribution in [0.2, 0.25) is 0 Å². The first-order valence-corrected chi connectivity index (χ1v) is 6.54. The highest BCUT2D eigenvalue weighted by Gasteiger charge is 2.12. The Morgan fingerprint density at radius 1 is 1.00 bits per heavy atom. The van der Waals surface area contributed by atoms with Gasteiger partial charge in [0.05, 0.1) is 0 Å². The van der Waals surface area contributed by atoms with Crippen LogP contribution < -0.4 is 5.73 Å². The Labute approximate surface area is 113 Å². The molecule has 0 aliphatic rings. The molecule has 0 aliphatic heterocycles. The lowest BCUT2D eigenvalue weighted by Crippen LogP contribution is -1.97. The zero-order valence-corrected chi connectivity index (χ0v) is 11.4. The monoisotopic (exact) mass is 250 g/mol. The normalized spacial score (nSPS) is 11.1. The van der Waals surface area contributed by atoms with E-state index in [1.165, 1.54) is 27.7 Å². The van der Waals surface area contributed by atoms with Crippen molar-refractivity contribution in [3.63, 3.8) is 0 Å². The van der Waals surface area contributed by atoms with Gasteiger partial charge in [-0.05, 0) is 30.2 Å². The second kappa shape index (κ2) is 4.47. The van der Waals surface area contributed by atoms with Gasteiger partial charge in [-0.2, -0.15) is 0 Å². The third kappa shape index (κ3) is 1.89. The molecule has 3 rings (SSSR count). The van der Waals surface area contributed by atoms with Crippen molar-refractivity contribution in [2.45, 2.75) is 13.3 Å². The molecule has 2 heteroatoms. The van der Waals surface area contributed by atoms with Gasteiger partial charge >= 0.3 is 0 Å². The number of aromatic nitrogens is 1. The molecule has 96 valence electrons. The lowest BCUT2D eigenvalue weighted by Gasteiger charge is -2.06. The molecule has 19 heavy (non-hydrogen) atoms. The van der Waals surface area contributed by atoms with Crippen molar-refractivity contribution in [1.29, 1.82) is 0 Å². The molecule has 0 spiro atoms. The average molecular weight is 250 g/mol. The van der Waals surface area contributed by atoms with Gasteiger partial charge in [-0.1, -0.05) is 36.4 Å². The molecular formula is C17H18N2. The molecule has 1 aromatic heterocycles. The predicted octanol–water partition coefficient (Wildman–Crippen LogP) is 3.66. The number of nitrogens with two attached hydrogens (primary N) is 1. The second-order valence-corrected chi connectivity index (χ2v) is 5.02. The van der Waals surface area contributed by atoms with Crippen LogP contribution in [0.25, 0.3) is 10.9 Å². The molecule has 0 fully saturated rings. The fraction of sp³-hybridized carbons (Fsp3) is 0.176. The van der Waals surface area contributed by atoms with E-state index < -0.39 is 0 Å². The van der Waals surface area contributed by atoms with E-state index in [0.717, 1.165) is 12.1 Å². The lowest BCUT2D eigenvalue weighted by atomic mass is 10.0. The number of nitrogens with zero attached hydrogens (tertiary/aromatic N) is 1. The molecule has 1 heterocycles. The summed E-state index contributed by atoms with van der Waals surface area (Å²) in [5.41, 5.74) is 12.1. The van der Waals surface area contributed by atoms with Crippen LogP contribution in [0.3, 0.4) is 0 Å². The number of anilines is 1. The maximum Gasteiger partial charge on any atom is 0.0482 e. The summed E-state index contributed by atoms with van der Waals surface area (Å²) in [6.07, 6.45) is 0.889. The Morgan fingerprint density at radius 3 is 2.47 bits per heavy atom. The Bertz CT molecular complexity index is 738. The standard InChI is InChI=1S/C17H18N2/c1-12-15(11-13-7-3-5-9-16(13)18)14-8-4-6-10-17(14)19(12)2/h3-10H,11,18H2,1-2H3. The number of nitrogen functional groups attached to an aromatic ring is 1. The smallest absolute Gasteiger partial charge is 0.0482 e. The number of hydrogen-bond donors (Lipinski definition) is 1. The Kier molecular flexibility index (Phi) is 2.79. The van der Waals surface area contributed by atoms with Crippen LogP contribution in [-0.4, -0.2) is 4.57 Å². The number of benzene rings is 2. The van der Waals surface area contributed by atoms with Crippen LogP contribution in [-0.2, 0) is 13.5 Å². The van der Waals surface area contributed by atoms with Crippen molar-refractivity contribution >= 4 is 16.6 Å². The van der Waals surface area contributed by atoms with E-state index in [9.17, 15) is 0 Å². The van der Waals surface area contributed by atoms with Crippen molar-refractivity contribution in [3.8, 4) is 0 Å². The van der Waals surface area contributed by atoms with Crippen LogP contribution in [0, 0.1) is 6.92 Å². The van der Waals surface area contributed by atoms with Crippen LogP contribution in [0.5, 0.6) is 0 Å². The molecular weight excluding hydrogens is 232 g/mol. The molecule has 0 bridgehead atoms. The van der Waals surface area contributed by atoms with Crippen LogP contribution in [0.15, 0.2) is 48.5 Å². The third-order valence-corrected chi connectivity index (χ3v) is 3.95. The Morgan fingerprint density at radius 2 is 1.68 bits per heavy atom. The molecule has 0 radical (unpaired) electrons. The van der Waals surface area contributed by atoms with E-state index in [1.807, 2.05) is 18.2 Å². The van der Waals surface area contributed by atoms with Gasteiger partial charge in [0.2, 0.25) is 0 Å². The van der Waals surface area contributed by atoms with Crippen molar-refractivity contribution in [2.24, 2.45) is 7.05 Å². The maximum absolute atomic E-state index is 6.06. The van der Waals surface area contributed by atoms with Gasteiger partial charge < -0.3 is 10.3 Å². The minimum atomic E-state index is 0.870. The largest absolute Gasteiger partial charge is 0.398 e. The number of para-hydroxylation sites is 2. The van der Waals surface area contributed by atoms with E-state index >= 15 is 0 Å². The second-order valence-electron chi connectivity index (χ2n) is 5.02. The van der Waals surface area contributed by atoms with E-state index in [-0.39, 0.29) is 0 Å². The number of aryl methyl sites for hydroxylation is 1. The van der Waals surface area contributed by atoms with Gasteiger partial charge in [0.1, 0.15) is 0 Å².